The fourth-order valence-corrected chi connectivity index (χ4v) is 14.3. The van der Waals surface area contributed by atoms with Gasteiger partial charge in [0.2, 0.25) is 0 Å². The minimum absolute atomic E-state index is 0.102. The van der Waals surface area contributed by atoms with E-state index in [1.165, 1.54) is 30.3 Å². The molecule has 0 aliphatic heterocycles. The first-order valence-electron chi connectivity index (χ1n) is 26.0. The highest BCUT2D eigenvalue weighted by atomic mass is 31.2. The van der Waals surface area contributed by atoms with Gasteiger partial charge in [-0.3, -0.25) is 4.85 Å². The van der Waals surface area contributed by atoms with Crippen LogP contribution in [0.3, 0.4) is 0 Å². The van der Waals surface area contributed by atoms with Crippen molar-refractivity contribution in [3.8, 4) is 58.1 Å². The monoisotopic (exact) mass is 1200 g/mol. The van der Waals surface area contributed by atoms with E-state index in [2.05, 4.69) is 9.69 Å². The van der Waals surface area contributed by atoms with Gasteiger partial charge in [0, 0.05) is 31.8 Å². The number of carboxylic acids is 4. The predicted octanol–water partition coefficient (Wildman–Crippen LogP) is 13.5. The third-order valence-corrected chi connectivity index (χ3v) is 19.5. The van der Waals surface area contributed by atoms with E-state index in [1.54, 1.807) is 146 Å². The zero-order valence-corrected chi connectivity index (χ0v) is 47.3. The third-order valence-electron chi connectivity index (χ3n) is 13.3. The van der Waals surface area contributed by atoms with E-state index in [-0.39, 0.29) is 45.1 Å². The van der Waals surface area contributed by atoms with Crippen LogP contribution < -0.4 is 50.8 Å². The first kappa shape index (κ1) is 60.3. The van der Waals surface area contributed by atoms with Crippen molar-refractivity contribution < 1.29 is 67.7 Å². The Morgan fingerprint density at radius 3 is 0.932 bits per heavy atom. The van der Waals surface area contributed by atoms with E-state index in [9.17, 15) is 54.0 Å². The van der Waals surface area contributed by atoms with Crippen molar-refractivity contribution >= 4 is 81.4 Å². The van der Waals surface area contributed by atoms with Gasteiger partial charge in [-0.15, -0.1) is 0 Å². The molecule has 18 nitrogen and oxygen atoms in total. The number of ether oxygens (including phenoxy) is 4. The van der Waals surface area contributed by atoms with Crippen molar-refractivity contribution in [2.45, 2.75) is 0 Å². The number of hydrogen-bond acceptors (Lipinski definition) is 12. The molecule has 0 aliphatic rings. The molecule has 10 aromatic carbocycles. The Kier molecular flexibility index (Phi) is 18.2. The second-order valence-electron chi connectivity index (χ2n) is 18.7. The van der Waals surface area contributed by atoms with E-state index >= 15 is 0 Å². The second-order valence-corrected chi connectivity index (χ2v) is 24.2. The largest absolute Gasteiger partial charge is 0.478 e. The molecule has 0 saturated carbocycles. The molecule has 10 aromatic rings. The molecular formula is C68H42N4O14P2. The normalized spacial score (nSPS) is 11.2. The molecule has 0 heterocycles. The summed E-state index contributed by atoms with van der Waals surface area (Å²) in [6, 6.07) is 65.2. The molecule has 20 heteroatoms. The molecule has 88 heavy (non-hydrogen) atoms. The summed E-state index contributed by atoms with van der Waals surface area (Å²) >= 11 is 0. The van der Waals surface area contributed by atoms with E-state index in [4.69, 9.17) is 37.4 Å². The lowest BCUT2D eigenvalue weighted by Gasteiger charge is -2.20. The molecule has 0 bridgehead atoms. The van der Waals surface area contributed by atoms with Gasteiger partial charge in [0.1, 0.15) is 58.1 Å². The minimum atomic E-state index is -3.46. The van der Waals surface area contributed by atoms with Gasteiger partial charge in [-0.2, -0.15) is 10.5 Å². The highest BCUT2D eigenvalue weighted by Gasteiger charge is 2.32. The van der Waals surface area contributed by atoms with E-state index < -0.39 is 49.3 Å². The third kappa shape index (κ3) is 13.2. The second kappa shape index (κ2) is 26.5. The number of nitrogens with zero attached hydrogens (tertiary/aromatic N) is 4. The summed E-state index contributed by atoms with van der Waals surface area (Å²) in [5.41, 5.74) is -0.648. The summed E-state index contributed by atoms with van der Waals surface area (Å²) in [7, 11) is -6.75. The molecule has 0 aliphatic carbocycles. The Bertz CT molecular complexity index is 4360. The van der Waals surface area contributed by atoms with Crippen LogP contribution in [0.5, 0.6) is 46.0 Å². The van der Waals surface area contributed by atoms with Gasteiger partial charge in [0.15, 0.2) is 25.7 Å². The predicted molar refractivity (Wildman–Crippen MR) is 328 cm³/mol. The summed E-state index contributed by atoms with van der Waals surface area (Å²) in [6.45, 7) is 14.5. The number of carboxylic acid groups (broad SMARTS) is 4. The van der Waals surface area contributed by atoms with Crippen LogP contribution in [0.25, 0.3) is 9.69 Å². The van der Waals surface area contributed by atoms with Gasteiger partial charge < -0.3 is 48.5 Å². The maximum Gasteiger partial charge on any atom is 0.336 e. The Morgan fingerprint density at radius 1 is 0.330 bits per heavy atom. The van der Waals surface area contributed by atoms with Crippen molar-refractivity contribution in [2.24, 2.45) is 0 Å². The fourth-order valence-electron chi connectivity index (χ4n) is 9.04. The van der Waals surface area contributed by atoms with Crippen molar-refractivity contribution in [1.29, 1.82) is 10.5 Å². The van der Waals surface area contributed by atoms with Crippen LogP contribution in [0, 0.1) is 35.8 Å². The molecule has 0 aromatic heterocycles. The summed E-state index contributed by atoms with van der Waals surface area (Å²) in [4.78, 5) is 52.5. The molecule has 1 atom stereocenters. The lowest BCUT2D eigenvalue weighted by molar-refractivity contribution is 0.0651. The van der Waals surface area contributed by atoms with Crippen LogP contribution in [0.2, 0.25) is 0 Å². The molecule has 0 amide bonds. The zero-order chi connectivity index (χ0) is 62.5. The summed E-state index contributed by atoms with van der Waals surface area (Å²) in [5, 5.41) is 59.1. The lowest BCUT2D eigenvalue weighted by atomic mass is 10.1. The molecule has 1 unspecified atom stereocenters. The van der Waals surface area contributed by atoms with Crippen LogP contribution >= 0.6 is 14.3 Å². The molecule has 0 radical (unpaired) electrons. The number of carbonyl (C=O) groups is 4. The Morgan fingerprint density at radius 2 is 0.614 bits per heavy atom. The molecular weight excluding hydrogens is 1160 g/mol. The van der Waals surface area contributed by atoms with Crippen LogP contribution in [0.1, 0.15) is 52.6 Å². The van der Waals surface area contributed by atoms with Gasteiger partial charge in [0.25, 0.3) is 0 Å². The minimum Gasteiger partial charge on any atom is -0.478 e. The topological polar surface area (TPSA) is 277 Å². The summed E-state index contributed by atoms with van der Waals surface area (Å²) < 4.78 is 53.1. The Hall–Kier alpha value is -12.3. The average Bonchev–Trinajstić information content (AvgIpc) is 1.62. The molecule has 428 valence electrons. The number of rotatable bonds is 18. The van der Waals surface area contributed by atoms with Crippen molar-refractivity contribution in [1.82, 2.24) is 0 Å². The maximum absolute atomic E-state index is 14.9. The van der Waals surface area contributed by atoms with Crippen LogP contribution in [-0.4, -0.2) is 44.3 Å². The SMILES string of the molecule is O=C(O)c1ccc(Oc2ccc(P(=O)(c3ccccc3)c3ccc(Oc4ccc(C(=O)O)c(C(=O)O)c4)cc3)cc2)cc1C(=O)O.[C-]#[N+]c1ccc(Oc2ccc(P(=O)(c3ccccc3)c3ccc(Oc4ccc(C#N)c(C#N)c4)cc3)cc2)cc1[N+]#[C-]. The summed E-state index contributed by atoms with van der Waals surface area (Å²) in [5.74, 6) is -3.00. The lowest BCUT2D eigenvalue weighted by Crippen LogP contribution is -2.24. The first-order chi connectivity index (χ1) is 42.4. The molecule has 0 spiro atoms. The van der Waals surface area contributed by atoms with Gasteiger partial charge >= 0.3 is 23.9 Å². The smallest absolute Gasteiger partial charge is 0.336 e. The average molecular weight is 1200 g/mol. The molecule has 4 N–H and O–H groups in total. The zero-order valence-electron chi connectivity index (χ0n) is 45.5. The van der Waals surface area contributed by atoms with Gasteiger partial charge in [-0.25, -0.2) is 24.0 Å². The van der Waals surface area contributed by atoms with Gasteiger partial charge in [-0.1, -0.05) is 66.7 Å². The van der Waals surface area contributed by atoms with Crippen LogP contribution in [0.15, 0.2) is 231 Å². The van der Waals surface area contributed by atoms with E-state index in [0.717, 1.165) is 24.3 Å². The number of aromatic carboxylic acids is 4. The van der Waals surface area contributed by atoms with E-state index in [1.807, 2.05) is 42.5 Å². The van der Waals surface area contributed by atoms with Crippen molar-refractivity contribution in [3.63, 3.8) is 0 Å². The summed E-state index contributed by atoms with van der Waals surface area (Å²) in [6.07, 6.45) is 0. The van der Waals surface area contributed by atoms with Crippen LogP contribution in [0.4, 0.5) is 11.4 Å². The quantitative estimate of drug-likeness (QED) is 0.0459. The highest BCUT2D eigenvalue weighted by Crippen LogP contribution is 2.45. The fraction of sp³-hybridized carbons (Fsp3) is 0. The van der Waals surface area contributed by atoms with Crippen LogP contribution in [-0.2, 0) is 9.13 Å². The first-order valence-corrected chi connectivity index (χ1v) is 29.4. The van der Waals surface area contributed by atoms with Gasteiger partial charge in [0.05, 0.1) is 46.5 Å². The van der Waals surface area contributed by atoms with Crippen molar-refractivity contribution in [3.05, 3.63) is 287 Å². The Labute approximate surface area is 502 Å². The highest BCUT2D eigenvalue weighted by molar-refractivity contribution is 7.85. The number of nitriles is 2. The molecule has 10 rings (SSSR count). The standard InChI is InChI=1S/C34H19N4O3P.C34H23O11P/c1-37-33-19-14-29(21-34(33)38-2)41-27-12-17-32(18-13-27)42(39,30-6-4-3-5-7-30)31-15-10-26(11-16-31)40-28-9-8-24(22-35)25(20-28)23-36;35-31(36)27-16-10-22(18-29(27)33(39)40)44-20-6-12-25(13-7-20)46(43,24-4-2-1-3-5-24)26-14-8-21(9-15-26)45-23-11-17-28(32(37)38)30(19-23)34(41)42/h3-21H;1-19H,(H,35,36)(H,37,38)(H,39,40)(H,41,42). The maximum atomic E-state index is 14.9. The molecule has 0 saturated heterocycles. The number of benzene rings is 10. The van der Waals surface area contributed by atoms with Gasteiger partial charge in [-0.05, 0) is 164 Å². The van der Waals surface area contributed by atoms with Crippen molar-refractivity contribution in [2.75, 3.05) is 0 Å². The number of hydrogen-bond donors (Lipinski definition) is 4. The molecule has 0 fully saturated rings. The Balaban J connectivity index is 0.000000210. The van der Waals surface area contributed by atoms with E-state index in [0.29, 0.717) is 66.3 Å².